The van der Waals surface area contributed by atoms with Crippen molar-refractivity contribution < 1.29 is 76.7 Å². The van der Waals surface area contributed by atoms with E-state index < -0.39 is 75.8 Å². The van der Waals surface area contributed by atoms with Gasteiger partial charge in [-0.15, -0.1) is 0 Å². The number of alkyl halides is 1. The Balaban J connectivity index is 0.000000381. The highest BCUT2D eigenvalue weighted by Gasteiger charge is 2.38. The van der Waals surface area contributed by atoms with Gasteiger partial charge >= 0.3 is 36.1 Å². The molecule has 2 aliphatic rings. The van der Waals surface area contributed by atoms with Crippen LogP contribution in [-0.2, 0) is 42.9 Å². The first-order valence-electron chi connectivity index (χ1n) is 21.9. The Morgan fingerprint density at radius 3 is 1.37 bits per heavy atom. The Morgan fingerprint density at radius 2 is 0.985 bits per heavy atom. The van der Waals surface area contributed by atoms with E-state index in [2.05, 4.69) is 15.9 Å². The number of rotatable bonds is 13. The summed E-state index contributed by atoms with van der Waals surface area (Å²) in [5.74, 6) is -5.76. The van der Waals surface area contributed by atoms with Crippen LogP contribution in [0.25, 0.3) is 0 Å². The molecule has 4 atom stereocenters. The number of carboxylic acids is 1. The number of benzene rings is 2. The summed E-state index contributed by atoms with van der Waals surface area (Å²) in [6.45, 7) is 18.3. The molecule has 368 valence electrons. The Labute approximate surface area is 399 Å². The fraction of sp³-hybridized carbons (Fsp3) is 0.542. The number of hydrogen-bond acceptors (Lipinski definition) is 15. The number of piperidine rings is 2. The molecule has 18 nitrogen and oxygen atoms in total. The summed E-state index contributed by atoms with van der Waals surface area (Å²) in [5, 5.41) is 8.89. The van der Waals surface area contributed by atoms with Gasteiger partial charge in [0.1, 0.15) is 11.2 Å². The molecule has 0 aromatic heterocycles. The highest BCUT2D eigenvalue weighted by molar-refractivity contribution is 9.10. The molecular weight excluding hydrogens is 940 g/mol. The number of amides is 2. The minimum atomic E-state index is -1.78. The van der Waals surface area contributed by atoms with Crippen molar-refractivity contribution in [1.82, 2.24) is 9.80 Å². The standard InChI is InChI=1S/C24H31NO8.C13H13BrO4.C11H19NO4/c1-6-31-22(29)20(19(27)17-11-9-16(10-12-17)15(2)26)32-21(28)18-8-7-13-25(14-18)23(30)33-24(3,4)5;1-3-18-13(17)11(14)12(16)10-6-4-9(5-7-10)8(2)15;1-11(2,3)16-10(15)12-6-4-5-8(7-12)9(13)14/h9-12,18,20H,6-8,13-14H2,1-5H3;4-7,11H,3H2,1-2H3;8H,4-7H2,1-3H3,(H,13,14)/t18-,20?;;8-/m1.1/s1. The van der Waals surface area contributed by atoms with Gasteiger partial charge in [0, 0.05) is 48.4 Å². The number of carbonyl (C=O) groups excluding carboxylic acids is 9. The lowest BCUT2D eigenvalue weighted by molar-refractivity contribution is -0.167. The molecule has 2 unspecified atom stereocenters. The van der Waals surface area contributed by atoms with Crippen LogP contribution < -0.4 is 0 Å². The normalized spacial score (nSPS) is 16.7. The average Bonchev–Trinajstić information content (AvgIpc) is 3.27. The molecule has 2 aromatic rings. The van der Waals surface area contributed by atoms with Crippen LogP contribution in [0.1, 0.15) is 136 Å². The molecule has 19 heteroatoms. The molecule has 0 spiro atoms. The van der Waals surface area contributed by atoms with Crippen LogP contribution in [-0.4, -0.2) is 136 Å². The maximum Gasteiger partial charge on any atom is 0.410 e. The number of hydrogen-bond donors (Lipinski definition) is 1. The predicted octanol–water partition coefficient (Wildman–Crippen LogP) is 7.31. The average molecular weight is 1000 g/mol. The molecule has 0 aliphatic carbocycles. The van der Waals surface area contributed by atoms with Gasteiger partial charge in [0.15, 0.2) is 22.2 Å². The number of esters is 3. The van der Waals surface area contributed by atoms with E-state index in [1.54, 1.807) is 67.5 Å². The van der Waals surface area contributed by atoms with Gasteiger partial charge in [-0.1, -0.05) is 64.5 Å². The molecule has 2 fully saturated rings. The van der Waals surface area contributed by atoms with Gasteiger partial charge < -0.3 is 38.6 Å². The maximum absolute atomic E-state index is 12.9. The van der Waals surface area contributed by atoms with Gasteiger partial charge in [-0.05, 0) is 94.9 Å². The highest BCUT2D eigenvalue weighted by Crippen LogP contribution is 2.23. The fourth-order valence-electron chi connectivity index (χ4n) is 6.33. The van der Waals surface area contributed by atoms with Crippen LogP contribution in [0.5, 0.6) is 0 Å². The minimum absolute atomic E-state index is 0.000706. The van der Waals surface area contributed by atoms with E-state index in [-0.39, 0.29) is 49.2 Å². The second-order valence-corrected chi connectivity index (χ2v) is 18.5. The van der Waals surface area contributed by atoms with Crippen LogP contribution in [0.3, 0.4) is 0 Å². The molecule has 2 amide bonds. The van der Waals surface area contributed by atoms with Crippen LogP contribution >= 0.6 is 15.9 Å². The first-order valence-corrected chi connectivity index (χ1v) is 22.8. The zero-order valence-corrected chi connectivity index (χ0v) is 41.4. The lowest BCUT2D eigenvalue weighted by atomic mass is 9.98. The number of aliphatic carboxylic acids is 1. The molecule has 2 saturated heterocycles. The lowest BCUT2D eigenvalue weighted by Crippen LogP contribution is -2.46. The molecule has 4 rings (SSSR count). The molecule has 1 N–H and O–H groups in total. The van der Waals surface area contributed by atoms with E-state index >= 15 is 0 Å². The lowest BCUT2D eigenvalue weighted by Gasteiger charge is -2.33. The van der Waals surface area contributed by atoms with Crippen molar-refractivity contribution in [1.29, 1.82) is 0 Å². The molecule has 0 bridgehead atoms. The Bertz CT molecular complexity index is 2090. The number of carbonyl (C=O) groups is 10. The first kappa shape index (κ1) is 57.1. The Kier molecular flexibility index (Phi) is 22.5. The number of ether oxygens (including phenoxy) is 5. The SMILES string of the molecule is CC(C)(C)OC(=O)N1CCC[C@@H](C(=O)O)C1.CCOC(=O)C(Br)C(=O)c1ccc(C(C)=O)cc1.CCOC(=O)C(OC(=O)[C@@H]1CCCN(C(=O)OC(C)(C)C)C1)C(=O)c1ccc(C(C)=O)cc1. The van der Waals surface area contributed by atoms with Crippen LogP contribution in [0, 0.1) is 11.8 Å². The molecule has 2 aromatic carbocycles. The van der Waals surface area contributed by atoms with Crippen molar-refractivity contribution in [2.75, 3.05) is 39.4 Å². The number of Topliss-reactive ketones (excluding diaryl/α,β-unsaturated/α-hetero) is 4. The van der Waals surface area contributed by atoms with Gasteiger partial charge in [-0.3, -0.25) is 33.6 Å². The van der Waals surface area contributed by atoms with E-state index in [0.717, 1.165) is 6.42 Å². The summed E-state index contributed by atoms with van der Waals surface area (Å²) in [6, 6.07) is 11.9. The summed E-state index contributed by atoms with van der Waals surface area (Å²) < 4.78 is 25.6. The van der Waals surface area contributed by atoms with Crippen molar-refractivity contribution in [3.8, 4) is 0 Å². The van der Waals surface area contributed by atoms with E-state index in [0.29, 0.717) is 49.0 Å². The van der Waals surface area contributed by atoms with Crippen molar-refractivity contribution in [2.45, 2.75) is 117 Å². The number of carboxylic acid groups (broad SMARTS) is 1. The Hall–Kier alpha value is -5.98. The highest BCUT2D eigenvalue weighted by atomic mass is 79.9. The quantitative estimate of drug-likeness (QED) is 0.0680. The van der Waals surface area contributed by atoms with Crippen molar-refractivity contribution in [3.05, 3.63) is 70.8 Å². The summed E-state index contributed by atoms with van der Waals surface area (Å²) in [4.78, 5) is 121. The molecule has 0 saturated carbocycles. The molecule has 2 heterocycles. The van der Waals surface area contributed by atoms with Crippen LogP contribution in [0.2, 0.25) is 0 Å². The van der Waals surface area contributed by atoms with Gasteiger partial charge in [0.2, 0.25) is 5.78 Å². The van der Waals surface area contributed by atoms with Crippen molar-refractivity contribution in [3.63, 3.8) is 0 Å². The van der Waals surface area contributed by atoms with E-state index in [1.807, 2.05) is 0 Å². The summed E-state index contributed by atoms with van der Waals surface area (Å²) in [6.07, 6.45) is -0.400. The summed E-state index contributed by atoms with van der Waals surface area (Å²) in [7, 11) is 0. The molecular formula is C48H63BrN2O16. The van der Waals surface area contributed by atoms with Gasteiger partial charge in [-0.2, -0.15) is 0 Å². The molecule has 2 aliphatic heterocycles. The summed E-state index contributed by atoms with van der Waals surface area (Å²) in [5.41, 5.74) is 0.172. The number of halogens is 1. The predicted molar refractivity (Wildman–Crippen MR) is 246 cm³/mol. The Morgan fingerprint density at radius 1 is 0.612 bits per heavy atom. The zero-order chi connectivity index (χ0) is 50.8. The van der Waals surface area contributed by atoms with E-state index in [4.69, 9.17) is 28.8 Å². The fourth-order valence-corrected chi connectivity index (χ4v) is 6.73. The third kappa shape index (κ3) is 19.4. The minimum Gasteiger partial charge on any atom is -0.481 e. The smallest absolute Gasteiger partial charge is 0.410 e. The number of ketones is 4. The zero-order valence-electron chi connectivity index (χ0n) is 39.8. The maximum atomic E-state index is 12.9. The van der Waals surface area contributed by atoms with Gasteiger partial charge in [0.05, 0.1) is 25.0 Å². The van der Waals surface area contributed by atoms with Gasteiger partial charge in [0.25, 0.3) is 6.10 Å². The third-order valence-electron chi connectivity index (χ3n) is 9.68. The van der Waals surface area contributed by atoms with Crippen molar-refractivity contribution >= 4 is 75.1 Å². The van der Waals surface area contributed by atoms with Crippen LogP contribution in [0.4, 0.5) is 9.59 Å². The second-order valence-electron chi connectivity index (χ2n) is 17.5. The molecule has 67 heavy (non-hydrogen) atoms. The number of likely N-dealkylation sites (tertiary alicyclic amines) is 2. The topological polar surface area (TPSA) is 244 Å². The third-order valence-corrected chi connectivity index (χ3v) is 10.5. The van der Waals surface area contributed by atoms with Gasteiger partial charge in [-0.25, -0.2) is 14.4 Å². The first-order chi connectivity index (χ1) is 31.2. The van der Waals surface area contributed by atoms with E-state index in [1.165, 1.54) is 60.0 Å². The van der Waals surface area contributed by atoms with Crippen LogP contribution in [0.15, 0.2) is 48.5 Å². The van der Waals surface area contributed by atoms with Crippen molar-refractivity contribution in [2.24, 2.45) is 11.8 Å². The summed E-state index contributed by atoms with van der Waals surface area (Å²) >= 11 is 3.00. The molecule has 0 radical (unpaired) electrons. The van der Waals surface area contributed by atoms with E-state index in [9.17, 15) is 47.9 Å². The number of nitrogens with zero attached hydrogens (tertiary/aromatic N) is 2. The monoisotopic (exact) mass is 1000 g/mol. The largest absolute Gasteiger partial charge is 0.481 e. The second kappa shape index (κ2) is 26.4.